The highest BCUT2D eigenvalue weighted by Crippen LogP contribution is 2.36. The normalized spacial score (nSPS) is 20.1. The lowest BCUT2D eigenvalue weighted by atomic mass is 10.0. The Balaban J connectivity index is 2.50. The van der Waals surface area contributed by atoms with Crippen LogP contribution in [0, 0.1) is 5.82 Å². The van der Waals surface area contributed by atoms with E-state index in [-0.39, 0.29) is 11.1 Å². The number of fused-ring (bicyclic) bond motifs is 1. The number of ether oxygens (including phenoxy) is 1. The molecule has 0 fully saturated rings. The molecule has 1 aromatic carbocycles. The number of benzene rings is 1. The Morgan fingerprint density at radius 2 is 2.36 bits per heavy atom. The largest absolute Gasteiger partial charge is 0.490 e. The predicted molar refractivity (Wildman–Crippen MR) is 53.3 cm³/mol. The summed E-state index contributed by atoms with van der Waals surface area (Å²) in [4.78, 5) is 0. The lowest BCUT2D eigenvalue weighted by Gasteiger charge is -2.25. The van der Waals surface area contributed by atoms with Gasteiger partial charge >= 0.3 is 0 Å². The fraction of sp³-hybridized carbons (Fsp3) is 0.400. The fourth-order valence-corrected chi connectivity index (χ4v) is 1.85. The van der Waals surface area contributed by atoms with E-state index in [0.717, 1.165) is 12.0 Å². The van der Waals surface area contributed by atoms with E-state index >= 15 is 0 Å². The fourth-order valence-electron chi connectivity index (χ4n) is 1.70. The van der Waals surface area contributed by atoms with E-state index in [9.17, 15) is 4.39 Å². The van der Waals surface area contributed by atoms with Crippen LogP contribution >= 0.6 is 11.6 Å². The molecule has 14 heavy (non-hydrogen) atoms. The van der Waals surface area contributed by atoms with Crippen molar-refractivity contribution >= 4 is 11.6 Å². The smallest absolute Gasteiger partial charge is 0.183 e. The Kier molecular flexibility index (Phi) is 2.61. The van der Waals surface area contributed by atoms with Crippen LogP contribution in [0.3, 0.4) is 0 Å². The van der Waals surface area contributed by atoms with Gasteiger partial charge in [0, 0.05) is 18.0 Å². The van der Waals surface area contributed by atoms with Crippen molar-refractivity contribution in [2.45, 2.75) is 12.5 Å². The Hall–Kier alpha value is -0.800. The molecule has 1 aliphatic rings. The third-order valence-corrected chi connectivity index (χ3v) is 2.75. The number of hydrogen-bond donors (Lipinski definition) is 1. The van der Waals surface area contributed by atoms with E-state index < -0.39 is 5.82 Å². The topological polar surface area (TPSA) is 21.3 Å². The van der Waals surface area contributed by atoms with Crippen molar-refractivity contribution in [1.29, 1.82) is 0 Å². The zero-order chi connectivity index (χ0) is 10.1. The van der Waals surface area contributed by atoms with Crippen LogP contribution in [0.5, 0.6) is 5.75 Å². The molecule has 1 unspecified atom stereocenters. The summed E-state index contributed by atoms with van der Waals surface area (Å²) in [6, 6.07) is 3.53. The summed E-state index contributed by atoms with van der Waals surface area (Å²) in [7, 11) is 1.85. The van der Waals surface area contributed by atoms with Crippen LogP contribution in [0.2, 0.25) is 5.02 Å². The second-order valence-electron chi connectivity index (χ2n) is 3.26. The van der Waals surface area contributed by atoms with Gasteiger partial charge in [0.1, 0.15) is 0 Å². The molecule has 1 heterocycles. The highest BCUT2D eigenvalue weighted by atomic mass is 35.5. The molecule has 0 saturated heterocycles. The molecular weight excluding hydrogens is 205 g/mol. The summed E-state index contributed by atoms with van der Waals surface area (Å²) in [5, 5.41) is 3.23. The molecule has 0 aliphatic carbocycles. The molecule has 1 aliphatic heterocycles. The lowest BCUT2D eigenvalue weighted by Crippen LogP contribution is -2.24. The summed E-state index contributed by atoms with van der Waals surface area (Å²) in [6.45, 7) is 0.524. The Labute approximate surface area is 87.0 Å². The molecule has 2 nitrogen and oxygen atoms in total. The summed E-state index contributed by atoms with van der Waals surface area (Å²) < 4.78 is 18.8. The summed E-state index contributed by atoms with van der Waals surface area (Å²) >= 11 is 5.66. The van der Waals surface area contributed by atoms with Crippen LogP contribution < -0.4 is 10.1 Å². The molecule has 0 aromatic heterocycles. The minimum Gasteiger partial charge on any atom is -0.490 e. The molecule has 4 heteroatoms. The van der Waals surface area contributed by atoms with Gasteiger partial charge in [-0.25, -0.2) is 4.39 Å². The molecule has 1 atom stereocenters. The van der Waals surface area contributed by atoms with Crippen LogP contribution in [0.15, 0.2) is 12.1 Å². The maximum absolute atomic E-state index is 13.5. The standard InChI is InChI=1S/C10H11ClFNO/c1-13-8-4-5-14-10-6(8)2-3-7(11)9(10)12/h2-3,8,13H,4-5H2,1H3. The van der Waals surface area contributed by atoms with Gasteiger partial charge in [0.2, 0.25) is 0 Å². The summed E-state index contributed by atoms with van der Waals surface area (Å²) in [6.07, 6.45) is 0.852. The molecule has 0 bridgehead atoms. The first-order valence-electron chi connectivity index (χ1n) is 4.52. The molecule has 1 aromatic rings. The van der Waals surface area contributed by atoms with E-state index in [4.69, 9.17) is 16.3 Å². The van der Waals surface area contributed by atoms with Gasteiger partial charge in [0.15, 0.2) is 11.6 Å². The maximum atomic E-state index is 13.5. The number of nitrogens with one attached hydrogen (secondary N) is 1. The van der Waals surface area contributed by atoms with Gasteiger partial charge in [-0.1, -0.05) is 17.7 Å². The van der Waals surface area contributed by atoms with Crippen molar-refractivity contribution in [3.63, 3.8) is 0 Å². The quantitative estimate of drug-likeness (QED) is 0.778. The van der Waals surface area contributed by atoms with E-state index in [0.29, 0.717) is 12.4 Å². The molecule has 1 N–H and O–H groups in total. The molecule has 0 saturated carbocycles. The zero-order valence-electron chi connectivity index (χ0n) is 7.81. The van der Waals surface area contributed by atoms with Gasteiger partial charge in [0.25, 0.3) is 0 Å². The third-order valence-electron chi connectivity index (χ3n) is 2.46. The van der Waals surface area contributed by atoms with Crippen molar-refractivity contribution < 1.29 is 9.13 Å². The second kappa shape index (κ2) is 3.75. The van der Waals surface area contributed by atoms with Gasteiger partial charge in [-0.3, -0.25) is 0 Å². The summed E-state index contributed by atoms with van der Waals surface area (Å²) in [5.74, 6) is -0.160. The second-order valence-corrected chi connectivity index (χ2v) is 3.67. The number of halogens is 2. The highest BCUT2D eigenvalue weighted by molar-refractivity contribution is 6.30. The van der Waals surface area contributed by atoms with Crippen LogP contribution in [-0.2, 0) is 0 Å². The van der Waals surface area contributed by atoms with Crippen molar-refractivity contribution in [2.24, 2.45) is 0 Å². The number of rotatable bonds is 1. The van der Waals surface area contributed by atoms with Crippen LogP contribution in [-0.4, -0.2) is 13.7 Å². The van der Waals surface area contributed by atoms with Gasteiger partial charge in [0.05, 0.1) is 11.6 Å². The summed E-state index contributed by atoms with van der Waals surface area (Å²) in [5.41, 5.74) is 0.848. The average molecular weight is 216 g/mol. The predicted octanol–water partition coefficient (Wildman–Crippen LogP) is 2.52. The first kappa shape index (κ1) is 9.74. The lowest BCUT2D eigenvalue weighted by molar-refractivity contribution is 0.245. The van der Waals surface area contributed by atoms with Gasteiger partial charge in [-0.05, 0) is 13.1 Å². The molecule has 0 spiro atoms. The molecule has 2 rings (SSSR count). The molecule has 76 valence electrons. The highest BCUT2D eigenvalue weighted by Gasteiger charge is 2.24. The molecule has 0 radical (unpaired) electrons. The first-order chi connectivity index (χ1) is 6.74. The van der Waals surface area contributed by atoms with Crippen molar-refractivity contribution in [3.05, 3.63) is 28.5 Å². The van der Waals surface area contributed by atoms with Crippen LogP contribution in [0.25, 0.3) is 0 Å². The van der Waals surface area contributed by atoms with Crippen molar-refractivity contribution in [1.82, 2.24) is 5.32 Å². The maximum Gasteiger partial charge on any atom is 0.183 e. The van der Waals surface area contributed by atoms with Gasteiger partial charge < -0.3 is 10.1 Å². The zero-order valence-corrected chi connectivity index (χ0v) is 8.57. The van der Waals surface area contributed by atoms with E-state index in [1.807, 2.05) is 7.05 Å². The average Bonchev–Trinajstić information content (AvgIpc) is 2.23. The Morgan fingerprint density at radius 3 is 3.07 bits per heavy atom. The van der Waals surface area contributed by atoms with E-state index in [1.165, 1.54) is 0 Å². The van der Waals surface area contributed by atoms with E-state index in [1.54, 1.807) is 12.1 Å². The number of hydrogen-bond acceptors (Lipinski definition) is 2. The van der Waals surface area contributed by atoms with E-state index in [2.05, 4.69) is 5.32 Å². The minimum absolute atomic E-state index is 0.112. The SMILES string of the molecule is CNC1CCOc2c1ccc(Cl)c2F. The van der Waals surface area contributed by atoms with Gasteiger partial charge in [-0.15, -0.1) is 0 Å². The monoisotopic (exact) mass is 215 g/mol. The Morgan fingerprint density at radius 1 is 1.57 bits per heavy atom. The first-order valence-corrected chi connectivity index (χ1v) is 4.90. The van der Waals surface area contributed by atoms with Crippen molar-refractivity contribution in [3.8, 4) is 5.75 Å². The Bertz CT molecular complexity index is 356. The molecular formula is C10H11ClFNO. The van der Waals surface area contributed by atoms with Crippen molar-refractivity contribution in [2.75, 3.05) is 13.7 Å². The molecule has 0 amide bonds. The third kappa shape index (κ3) is 1.47. The van der Waals surface area contributed by atoms with Crippen LogP contribution in [0.4, 0.5) is 4.39 Å². The van der Waals surface area contributed by atoms with Gasteiger partial charge in [-0.2, -0.15) is 0 Å². The van der Waals surface area contributed by atoms with Crippen LogP contribution in [0.1, 0.15) is 18.0 Å². The minimum atomic E-state index is -0.455.